The van der Waals surface area contributed by atoms with Gasteiger partial charge in [0, 0.05) is 5.56 Å². The first-order valence-corrected chi connectivity index (χ1v) is 13.0. The second kappa shape index (κ2) is 11.6. The van der Waals surface area contributed by atoms with Crippen LogP contribution in [0.1, 0.15) is 51.4 Å². The van der Waals surface area contributed by atoms with E-state index in [1.165, 1.54) is 30.3 Å². The lowest BCUT2D eigenvalue weighted by atomic mass is 9.94. The zero-order valence-electron chi connectivity index (χ0n) is 21.7. The summed E-state index contributed by atoms with van der Waals surface area (Å²) in [7, 11) is 0. The van der Waals surface area contributed by atoms with Crippen molar-refractivity contribution in [2.45, 2.75) is 33.2 Å². The van der Waals surface area contributed by atoms with Crippen molar-refractivity contribution in [1.29, 1.82) is 0 Å². The van der Waals surface area contributed by atoms with Crippen molar-refractivity contribution in [3.63, 3.8) is 0 Å². The minimum atomic E-state index is -1.12. The molecule has 4 rings (SSSR count). The third kappa shape index (κ3) is 5.46. The molecule has 39 heavy (non-hydrogen) atoms. The fourth-order valence-corrected chi connectivity index (χ4v) is 5.21. The maximum Gasteiger partial charge on any atom is 0.350 e. The SMILES string of the molecule is C=CCOC(=O)c1sc(N2C(=O)C(=O)/C(=C(/O)c3ccc(OCCC)cc3C)C2c2ccc(F)cc2)nc1C. The highest BCUT2D eigenvalue weighted by Gasteiger charge is 2.48. The number of anilines is 1. The first kappa shape index (κ1) is 27.7. The van der Waals surface area contributed by atoms with Crippen molar-refractivity contribution < 1.29 is 33.4 Å². The maximum atomic E-state index is 13.8. The van der Waals surface area contributed by atoms with Gasteiger partial charge in [0.1, 0.15) is 28.8 Å². The molecule has 1 aromatic heterocycles. The Labute approximate surface area is 229 Å². The van der Waals surface area contributed by atoms with E-state index in [2.05, 4.69) is 11.6 Å². The Morgan fingerprint density at radius 1 is 1.21 bits per heavy atom. The number of aliphatic hydroxyl groups is 1. The Morgan fingerprint density at radius 2 is 1.92 bits per heavy atom. The predicted octanol–water partition coefficient (Wildman–Crippen LogP) is 5.66. The highest BCUT2D eigenvalue weighted by molar-refractivity contribution is 7.17. The van der Waals surface area contributed by atoms with E-state index < -0.39 is 29.5 Å². The molecule has 1 fully saturated rings. The molecule has 0 spiro atoms. The molecule has 1 aliphatic rings. The standard InChI is InChI=1S/C29H27FN2O6S/c1-5-13-37-20-11-12-21(16(3)15-20)24(33)22-23(18-7-9-19(30)10-8-18)32(27(35)25(22)34)29-31-17(4)26(39-29)28(36)38-14-6-2/h6-12,15,23,33H,2,5,13-14H2,1,3-4H3/b24-22+. The minimum Gasteiger partial charge on any atom is -0.507 e. The molecule has 0 aliphatic carbocycles. The van der Waals surface area contributed by atoms with Crippen LogP contribution in [-0.2, 0) is 14.3 Å². The van der Waals surface area contributed by atoms with E-state index in [0.717, 1.165) is 22.7 Å². The monoisotopic (exact) mass is 550 g/mol. The maximum absolute atomic E-state index is 13.8. The summed E-state index contributed by atoms with van der Waals surface area (Å²) >= 11 is 0.883. The quantitative estimate of drug-likeness (QED) is 0.121. The number of carbonyl (C=O) groups is 3. The molecule has 0 saturated carbocycles. The number of aromatic nitrogens is 1. The third-order valence-corrected chi connectivity index (χ3v) is 7.20. The molecule has 0 radical (unpaired) electrons. The molecule has 1 unspecified atom stereocenters. The van der Waals surface area contributed by atoms with Crippen molar-refractivity contribution in [3.8, 4) is 5.75 Å². The summed E-state index contributed by atoms with van der Waals surface area (Å²) in [4.78, 5) is 45.0. The predicted molar refractivity (Wildman–Crippen MR) is 145 cm³/mol. The molecule has 0 bridgehead atoms. The van der Waals surface area contributed by atoms with Crippen LogP contribution >= 0.6 is 11.3 Å². The summed E-state index contributed by atoms with van der Waals surface area (Å²) in [6.07, 6.45) is 2.25. The summed E-state index contributed by atoms with van der Waals surface area (Å²) in [6, 6.07) is 9.17. The number of aryl methyl sites for hydroxylation is 2. The molecule has 1 N–H and O–H groups in total. The lowest BCUT2D eigenvalue weighted by Gasteiger charge is -2.23. The van der Waals surface area contributed by atoms with E-state index in [0.29, 0.717) is 34.7 Å². The summed E-state index contributed by atoms with van der Waals surface area (Å²) in [5.74, 6) is -2.81. The lowest BCUT2D eigenvalue weighted by Crippen LogP contribution is -2.29. The number of rotatable bonds is 9. The highest BCUT2D eigenvalue weighted by Crippen LogP contribution is 2.44. The zero-order chi connectivity index (χ0) is 28.3. The first-order valence-electron chi connectivity index (χ1n) is 12.2. The fourth-order valence-electron chi connectivity index (χ4n) is 4.22. The number of hydrogen-bond donors (Lipinski definition) is 1. The number of Topliss-reactive ketones (excluding diaryl/α,β-unsaturated/α-hetero) is 1. The Balaban J connectivity index is 1.85. The van der Waals surface area contributed by atoms with Crippen molar-refractivity contribution in [2.24, 2.45) is 0 Å². The summed E-state index contributed by atoms with van der Waals surface area (Å²) in [5, 5.41) is 11.5. The van der Waals surface area contributed by atoms with Crippen molar-refractivity contribution in [3.05, 3.63) is 93.8 Å². The van der Waals surface area contributed by atoms with Crippen molar-refractivity contribution in [1.82, 2.24) is 4.98 Å². The number of esters is 1. The van der Waals surface area contributed by atoms with Gasteiger partial charge in [-0.3, -0.25) is 14.5 Å². The number of aliphatic hydroxyl groups excluding tert-OH is 1. The molecule has 1 atom stereocenters. The smallest absolute Gasteiger partial charge is 0.350 e. The number of ether oxygens (including phenoxy) is 2. The van der Waals surface area contributed by atoms with E-state index in [1.807, 2.05) is 6.92 Å². The normalized spacial score (nSPS) is 16.4. The van der Waals surface area contributed by atoms with Crippen LogP contribution in [0.5, 0.6) is 5.75 Å². The number of hydrogen-bond acceptors (Lipinski definition) is 8. The third-order valence-electron chi connectivity index (χ3n) is 6.07. The van der Waals surface area contributed by atoms with Crippen LogP contribution < -0.4 is 9.64 Å². The molecule has 2 heterocycles. The number of halogens is 1. The fraction of sp³-hybridized carbons (Fsp3) is 0.241. The van der Waals surface area contributed by atoms with E-state index in [1.54, 1.807) is 32.0 Å². The lowest BCUT2D eigenvalue weighted by molar-refractivity contribution is -0.132. The summed E-state index contributed by atoms with van der Waals surface area (Å²) in [6.45, 7) is 9.35. The topological polar surface area (TPSA) is 106 Å². The van der Waals surface area contributed by atoms with Crippen LogP contribution in [0.15, 0.2) is 60.7 Å². The molecule has 3 aromatic rings. The summed E-state index contributed by atoms with van der Waals surface area (Å²) < 4.78 is 24.6. The number of carbonyl (C=O) groups excluding carboxylic acids is 3. The van der Waals surface area contributed by atoms with Gasteiger partial charge in [0.2, 0.25) is 0 Å². The van der Waals surface area contributed by atoms with Gasteiger partial charge in [-0.05, 0) is 61.7 Å². The average molecular weight is 551 g/mol. The van der Waals surface area contributed by atoms with Gasteiger partial charge < -0.3 is 14.6 Å². The Morgan fingerprint density at radius 3 is 2.56 bits per heavy atom. The van der Waals surface area contributed by atoms with Gasteiger partial charge in [0.25, 0.3) is 5.78 Å². The molecule has 2 aromatic carbocycles. The number of thiazole rings is 1. The van der Waals surface area contributed by atoms with Gasteiger partial charge >= 0.3 is 11.9 Å². The zero-order valence-corrected chi connectivity index (χ0v) is 22.5. The Hall–Kier alpha value is -4.31. The average Bonchev–Trinajstić information content (AvgIpc) is 3.42. The van der Waals surface area contributed by atoms with Crippen molar-refractivity contribution in [2.75, 3.05) is 18.1 Å². The van der Waals surface area contributed by atoms with E-state index in [-0.39, 0.29) is 27.9 Å². The van der Waals surface area contributed by atoms with Gasteiger partial charge in [-0.1, -0.05) is 43.0 Å². The van der Waals surface area contributed by atoms with Crippen molar-refractivity contribution >= 4 is 39.9 Å². The number of amides is 1. The van der Waals surface area contributed by atoms with Crippen LogP contribution in [0.25, 0.3) is 5.76 Å². The van der Waals surface area contributed by atoms with Gasteiger partial charge in [-0.2, -0.15) is 0 Å². The van der Waals surface area contributed by atoms with Gasteiger partial charge in [0.05, 0.1) is 23.9 Å². The minimum absolute atomic E-state index is 0.00672. The molecule has 10 heteroatoms. The van der Waals surface area contributed by atoms with Gasteiger partial charge in [0.15, 0.2) is 5.13 Å². The molecular weight excluding hydrogens is 523 g/mol. The van der Waals surface area contributed by atoms with Crippen LogP contribution in [0, 0.1) is 19.7 Å². The van der Waals surface area contributed by atoms with E-state index in [4.69, 9.17) is 9.47 Å². The van der Waals surface area contributed by atoms with Crippen LogP contribution in [0.2, 0.25) is 0 Å². The van der Waals surface area contributed by atoms with Crippen LogP contribution in [0.4, 0.5) is 9.52 Å². The molecule has 1 aliphatic heterocycles. The molecule has 8 nitrogen and oxygen atoms in total. The van der Waals surface area contributed by atoms with Gasteiger partial charge in [-0.25, -0.2) is 14.2 Å². The summed E-state index contributed by atoms with van der Waals surface area (Å²) in [5.41, 5.74) is 1.47. The second-order valence-electron chi connectivity index (χ2n) is 8.84. The first-order chi connectivity index (χ1) is 18.7. The van der Waals surface area contributed by atoms with E-state index >= 15 is 0 Å². The Kier molecular flexibility index (Phi) is 8.25. The number of nitrogens with zero attached hydrogens (tertiary/aromatic N) is 2. The second-order valence-corrected chi connectivity index (χ2v) is 9.82. The van der Waals surface area contributed by atoms with Crippen LogP contribution in [-0.4, -0.2) is 41.0 Å². The van der Waals surface area contributed by atoms with E-state index in [9.17, 15) is 23.9 Å². The Bertz CT molecular complexity index is 1480. The molecule has 1 amide bonds. The number of benzene rings is 2. The highest BCUT2D eigenvalue weighted by atomic mass is 32.1. The molecule has 202 valence electrons. The molecular formula is C29H27FN2O6S. The molecule has 1 saturated heterocycles. The van der Waals surface area contributed by atoms with Crippen LogP contribution in [0.3, 0.4) is 0 Å². The van der Waals surface area contributed by atoms with Gasteiger partial charge in [-0.15, -0.1) is 0 Å². The largest absolute Gasteiger partial charge is 0.507 e. The number of ketones is 1.